The van der Waals surface area contributed by atoms with E-state index in [-0.39, 0.29) is 29.6 Å². The molecule has 2 N–H and O–H groups in total. The van der Waals surface area contributed by atoms with Gasteiger partial charge in [-0.3, -0.25) is 4.90 Å². The standard InChI is InChI=1S/C23H35N5O3.HI/c1-23(2,3)31-21-7-6-19(17-26-21)18-27-22(24-9-8-20-5-4-14-30-20)25-10-11-28-12-15-29-16-13-28;/h4-7,14,17H,8-13,15-16,18H2,1-3H3,(H2,24,25,27);1H. The molecule has 9 heteroatoms. The van der Waals surface area contributed by atoms with E-state index < -0.39 is 0 Å². The van der Waals surface area contributed by atoms with Crippen LogP contribution in [0.5, 0.6) is 5.88 Å². The number of hydrogen-bond acceptors (Lipinski definition) is 6. The van der Waals surface area contributed by atoms with E-state index in [4.69, 9.17) is 18.9 Å². The second-order valence-electron chi connectivity index (χ2n) is 8.52. The van der Waals surface area contributed by atoms with Crippen LogP contribution in [0.3, 0.4) is 0 Å². The number of aliphatic imine (C=N–C) groups is 1. The number of ether oxygens (including phenoxy) is 2. The summed E-state index contributed by atoms with van der Waals surface area (Å²) in [5, 5.41) is 6.84. The first-order valence-corrected chi connectivity index (χ1v) is 11.0. The average Bonchev–Trinajstić information content (AvgIpc) is 3.26. The molecule has 0 saturated carbocycles. The highest BCUT2D eigenvalue weighted by molar-refractivity contribution is 14.0. The summed E-state index contributed by atoms with van der Waals surface area (Å²) in [6, 6.07) is 7.79. The third-order valence-electron chi connectivity index (χ3n) is 4.70. The van der Waals surface area contributed by atoms with E-state index in [1.807, 2.05) is 51.2 Å². The molecule has 0 aromatic carbocycles. The van der Waals surface area contributed by atoms with E-state index in [0.29, 0.717) is 12.4 Å². The van der Waals surface area contributed by atoms with Crippen molar-refractivity contribution < 1.29 is 13.9 Å². The van der Waals surface area contributed by atoms with Gasteiger partial charge in [-0.05, 0) is 38.5 Å². The van der Waals surface area contributed by atoms with Gasteiger partial charge >= 0.3 is 0 Å². The van der Waals surface area contributed by atoms with Crippen LogP contribution in [0.1, 0.15) is 32.1 Å². The van der Waals surface area contributed by atoms with Crippen molar-refractivity contribution in [1.29, 1.82) is 0 Å². The summed E-state index contributed by atoms with van der Waals surface area (Å²) in [6.45, 7) is 12.7. The highest BCUT2D eigenvalue weighted by Crippen LogP contribution is 2.15. The van der Waals surface area contributed by atoms with Crippen molar-refractivity contribution in [2.75, 3.05) is 45.9 Å². The quantitative estimate of drug-likeness (QED) is 0.279. The second kappa shape index (κ2) is 13.6. The molecule has 0 atom stereocenters. The molecule has 0 aliphatic carbocycles. The largest absolute Gasteiger partial charge is 0.472 e. The first-order valence-electron chi connectivity index (χ1n) is 11.0. The van der Waals surface area contributed by atoms with Crippen molar-refractivity contribution in [3.8, 4) is 5.88 Å². The molecule has 0 spiro atoms. The van der Waals surface area contributed by atoms with Gasteiger partial charge < -0.3 is 24.5 Å². The summed E-state index contributed by atoms with van der Waals surface area (Å²) in [7, 11) is 0. The normalized spacial score (nSPS) is 15.2. The number of furan rings is 1. The highest BCUT2D eigenvalue weighted by Gasteiger charge is 2.12. The minimum absolute atomic E-state index is 0. The number of nitrogens with zero attached hydrogens (tertiary/aromatic N) is 3. The van der Waals surface area contributed by atoms with Gasteiger partial charge in [0.2, 0.25) is 5.88 Å². The van der Waals surface area contributed by atoms with Crippen LogP contribution in [-0.2, 0) is 17.7 Å². The number of hydrogen-bond donors (Lipinski definition) is 2. The molecule has 0 amide bonds. The zero-order chi connectivity index (χ0) is 21.9. The summed E-state index contributed by atoms with van der Waals surface area (Å²) in [5.74, 6) is 2.37. The molecule has 1 fully saturated rings. The maximum absolute atomic E-state index is 5.79. The third kappa shape index (κ3) is 10.2. The van der Waals surface area contributed by atoms with Crippen LogP contribution < -0.4 is 15.4 Å². The summed E-state index contributed by atoms with van der Waals surface area (Å²) < 4.78 is 16.6. The fourth-order valence-corrected chi connectivity index (χ4v) is 3.14. The van der Waals surface area contributed by atoms with Gasteiger partial charge in [0, 0.05) is 51.4 Å². The Morgan fingerprint density at radius 3 is 2.59 bits per heavy atom. The van der Waals surface area contributed by atoms with E-state index >= 15 is 0 Å². The topological polar surface area (TPSA) is 84.2 Å². The molecule has 1 aliphatic heterocycles. The van der Waals surface area contributed by atoms with Crippen molar-refractivity contribution in [3.05, 3.63) is 48.0 Å². The number of morpholine rings is 1. The van der Waals surface area contributed by atoms with E-state index in [9.17, 15) is 0 Å². The van der Waals surface area contributed by atoms with Crippen LogP contribution in [0, 0.1) is 0 Å². The monoisotopic (exact) mass is 557 g/mol. The molecule has 1 saturated heterocycles. The molecule has 3 heterocycles. The van der Waals surface area contributed by atoms with Crippen molar-refractivity contribution in [2.24, 2.45) is 4.99 Å². The molecule has 0 radical (unpaired) electrons. The summed E-state index contributed by atoms with van der Waals surface area (Å²) in [4.78, 5) is 11.5. The molecule has 0 bridgehead atoms. The molecular formula is C23H36IN5O3. The van der Waals surface area contributed by atoms with Crippen LogP contribution in [-0.4, -0.2) is 67.4 Å². The zero-order valence-electron chi connectivity index (χ0n) is 19.3. The maximum atomic E-state index is 5.79. The smallest absolute Gasteiger partial charge is 0.213 e. The second-order valence-corrected chi connectivity index (χ2v) is 8.52. The Morgan fingerprint density at radius 1 is 1.16 bits per heavy atom. The average molecular weight is 557 g/mol. The lowest BCUT2D eigenvalue weighted by atomic mass is 10.2. The van der Waals surface area contributed by atoms with Gasteiger partial charge in [-0.15, -0.1) is 24.0 Å². The van der Waals surface area contributed by atoms with Crippen LogP contribution in [0.15, 0.2) is 46.1 Å². The van der Waals surface area contributed by atoms with Crippen molar-refractivity contribution in [2.45, 2.75) is 39.3 Å². The predicted molar refractivity (Wildman–Crippen MR) is 137 cm³/mol. The maximum Gasteiger partial charge on any atom is 0.213 e. The minimum atomic E-state index is -0.262. The van der Waals surface area contributed by atoms with Gasteiger partial charge in [0.15, 0.2) is 5.96 Å². The van der Waals surface area contributed by atoms with Gasteiger partial charge in [0.1, 0.15) is 11.4 Å². The number of halogens is 1. The summed E-state index contributed by atoms with van der Waals surface area (Å²) in [6.07, 6.45) is 4.32. The Labute approximate surface area is 208 Å². The van der Waals surface area contributed by atoms with E-state index in [2.05, 4.69) is 20.5 Å². The SMILES string of the molecule is CC(C)(C)Oc1ccc(CN=C(NCCc2ccco2)NCCN2CCOCC2)cn1.I. The van der Waals surface area contributed by atoms with Gasteiger partial charge in [-0.2, -0.15) is 0 Å². The van der Waals surface area contributed by atoms with Crippen LogP contribution in [0.2, 0.25) is 0 Å². The molecule has 1 aliphatic rings. The fourth-order valence-electron chi connectivity index (χ4n) is 3.14. The molecule has 3 rings (SSSR count). The lowest BCUT2D eigenvalue weighted by molar-refractivity contribution is 0.0389. The molecule has 2 aromatic rings. The first-order chi connectivity index (χ1) is 15.0. The van der Waals surface area contributed by atoms with Crippen LogP contribution >= 0.6 is 24.0 Å². The van der Waals surface area contributed by atoms with Gasteiger partial charge in [-0.25, -0.2) is 9.98 Å². The van der Waals surface area contributed by atoms with E-state index in [1.165, 1.54) is 0 Å². The van der Waals surface area contributed by atoms with Gasteiger partial charge in [0.05, 0.1) is 26.0 Å². The lowest BCUT2D eigenvalue weighted by Crippen LogP contribution is -2.44. The third-order valence-corrected chi connectivity index (χ3v) is 4.70. The number of pyridine rings is 1. The minimum Gasteiger partial charge on any atom is -0.472 e. The summed E-state index contributed by atoms with van der Waals surface area (Å²) >= 11 is 0. The molecule has 2 aromatic heterocycles. The molecule has 178 valence electrons. The molecule has 0 unspecified atom stereocenters. The molecule has 32 heavy (non-hydrogen) atoms. The first kappa shape index (κ1) is 26.4. The Hall–Kier alpha value is -1.85. The van der Waals surface area contributed by atoms with Gasteiger partial charge in [0.25, 0.3) is 0 Å². The Kier molecular flexibility index (Phi) is 11.3. The Bertz CT molecular complexity index is 785. The number of guanidine groups is 1. The Balaban J connectivity index is 0.00000363. The van der Waals surface area contributed by atoms with Crippen LogP contribution in [0.4, 0.5) is 0 Å². The lowest BCUT2D eigenvalue weighted by Gasteiger charge is -2.26. The number of nitrogens with one attached hydrogen (secondary N) is 2. The number of rotatable bonds is 9. The van der Waals surface area contributed by atoms with Crippen molar-refractivity contribution in [1.82, 2.24) is 20.5 Å². The fraction of sp³-hybridized carbons (Fsp3) is 0.565. The van der Waals surface area contributed by atoms with Crippen molar-refractivity contribution in [3.63, 3.8) is 0 Å². The molecule has 8 nitrogen and oxygen atoms in total. The van der Waals surface area contributed by atoms with Crippen LogP contribution in [0.25, 0.3) is 0 Å². The molecular weight excluding hydrogens is 521 g/mol. The number of aromatic nitrogens is 1. The van der Waals surface area contributed by atoms with E-state index in [0.717, 1.165) is 69.6 Å². The Morgan fingerprint density at radius 2 is 1.94 bits per heavy atom. The van der Waals surface area contributed by atoms with Gasteiger partial charge in [-0.1, -0.05) is 6.07 Å². The predicted octanol–water partition coefficient (Wildman–Crippen LogP) is 3.08. The zero-order valence-corrected chi connectivity index (χ0v) is 21.6. The van der Waals surface area contributed by atoms with E-state index in [1.54, 1.807) is 6.26 Å². The van der Waals surface area contributed by atoms with Crippen molar-refractivity contribution >= 4 is 29.9 Å². The summed E-state index contributed by atoms with van der Waals surface area (Å²) in [5.41, 5.74) is 0.767. The highest BCUT2D eigenvalue weighted by atomic mass is 127.